The number of hydrogen-bond acceptors (Lipinski definition) is 5. The van der Waals surface area contributed by atoms with Crippen LogP contribution < -0.4 is 5.32 Å². The van der Waals surface area contributed by atoms with E-state index < -0.39 is 0 Å². The molecule has 0 aliphatic heterocycles. The lowest BCUT2D eigenvalue weighted by atomic mass is 10.2. The Morgan fingerprint density at radius 2 is 1.77 bits per heavy atom. The molecule has 0 unspecified atom stereocenters. The summed E-state index contributed by atoms with van der Waals surface area (Å²) in [7, 11) is 1.97. The van der Waals surface area contributed by atoms with Crippen LogP contribution in [0, 0.1) is 19.7 Å². The molecule has 0 radical (unpaired) electrons. The smallest absolute Gasteiger partial charge is 0.155 e. The van der Waals surface area contributed by atoms with Gasteiger partial charge in [-0.05, 0) is 67.9 Å². The Morgan fingerprint density at radius 1 is 0.968 bits per heavy atom. The van der Waals surface area contributed by atoms with Gasteiger partial charge in [0, 0.05) is 12.6 Å². The minimum absolute atomic E-state index is 0.266. The van der Waals surface area contributed by atoms with Crippen LogP contribution in [0.2, 0.25) is 0 Å². The average molecular weight is 413 g/mol. The largest absolute Gasteiger partial charge is 0.352 e. The third kappa shape index (κ3) is 3.52. The lowest BCUT2D eigenvalue weighted by Crippen LogP contribution is -1.99. The first-order chi connectivity index (χ1) is 15.0. The van der Waals surface area contributed by atoms with E-state index in [4.69, 9.17) is 4.98 Å². The number of fused-ring (bicyclic) bond motifs is 1. The molecule has 0 saturated heterocycles. The molecule has 0 atom stereocenters. The second-order valence-electron chi connectivity index (χ2n) is 7.45. The van der Waals surface area contributed by atoms with Crippen LogP contribution in [-0.2, 0) is 7.05 Å². The molecular weight excluding hydrogens is 393 g/mol. The number of benzene rings is 2. The van der Waals surface area contributed by atoms with Crippen molar-refractivity contribution in [2.75, 3.05) is 5.32 Å². The van der Waals surface area contributed by atoms with Crippen LogP contribution in [0.3, 0.4) is 0 Å². The van der Waals surface area contributed by atoms with Crippen LogP contribution >= 0.6 is 0 Å². The molecular formula is C23H20FN7. The van der Waals surface area contributed by atoms with Gasteiger partial charge in [-0.3, -0.25) is 0 Å². The third-order valence-corrected chi connectivity index (χ3v) is 5.10. The number of anilines is 2. The van der Waals surface area contributed by atoms with E-state index in [0.717, 1.165) is 39.4 Å². The molecule has 0 aliphatic rings. The number of hydrogen-bond donors (Lipinski definition) is 1. The monoisotopic (exact) mass is 413 g/mol. The first-order valence-corrected chi connectivity index (χ1v) is 9.83. The Bertz CT molecular complexity index is 1380. The SMILES string of the molecule is Cc1cc(Nc2ccc(-n3cnc(C)n3)nc2)c2nc(-c3ccc(F)cc3)n(C)c2c1. The highest BCUT2D eigenvalue weighted by Gasteiger charge is 2.14. The van der Waals surface area contributed by atoms with Crippen molar-refractivity contribution in [3.8, 4) is 17.2 Å². The van der Waals surface area contributed by atoms with E-state index in [1.807, 2.05) is 37.6 Å². The number of halogens is 1. The van der Waals surface area contributed by atoms with Crippen molar-refractivity contribution in [2.24, 2.45) is 7.05 Å². The first kappa shape index (κ1) is 18.9. The maximum atomic E-state index is 13.4. The molecule has 5 rings (SSSR count). The van der Waals surface area contributed by atoms with E-state index in [1.54, 1.807) is 29.3 Å². The van der Waals surface area contributed by atoms with Crippen molar-refractivity contribution in [1.82, 2.24) is 29.3 Å². The molecule has 0 bridgehead atoms. The molecule has 0 fully saturated rings. The molecule has 1 N–H and O–H groups in total. The Labute approximate surface area is 178 Å². The quantitative estimate of drug-likeness (QED) is 0.462. The van der Waals surface area contributed by atoms with Crippen LogP contribution in [0.15, 0.2) is 61.1 Å². The molecule has 2 aromatic carbocycles. The number of imidazole rings is 1. The van der Waals surface area contributed by atoms with Gasteiger partial charge in [-0.2, -0.15) is 5.10 Å². The summed E-state index contributed by atoms with van der Waals surface area (Å²) in [5, 5.41) is 7.71. The highest BCUT2D eigenvalue weighted by atomic mass is 19.1. The lowest BCUT2D eigenvalue weighted by molar-refractivity contribution is 0.628. The number of pyridine rings is 1. The summed E-state index contributed by atoms with van der Waals surface area (Å²) in [5.41, 5.74) is 5.50. The molecule has 0 aliphatic carbocycles. The number of nitrogens with zero attached hydrogens (tertiary/aromatic N) is 6. The topological polar surface area (TPSA) is 73.5 Å². The van der Waals surface area contributed by atoms with E-state index >= 15 is 0 Å². The van der Waals surface area contributed by atoms with Crippen LogP contribution in [0.4, 0.5) is 15.8 Å². The second kappa shape index (κ2) is 7.32. The van der Waals surface area contributed by atoms with E-state index in [9.17, 15) is 4.39 Å². The predicted octanol–water partition coefficient (Wildman–Crippen LogP) is 4.72. The van der Waals surface area contributed by atoms with Gasteiger partial charge in [0.15, 0.2) is 5.82 Å². The Hall–Kier alpha value is -4.07. The van der Waals surface area contributed by atoms with Crippen LogP contribution in [-0.4, -0.2) is 29.3 Å². The third-order valence-electron chi connectivity index (χ3n) is 5.10. The molecule has 154 valence electrons. The normalized spacial score (nSPS) is 11.2. The summed E-state index contributed by atoms with van der Waals surface area (Å²) >= 11 is 0. The average Bonchev–Trinajstić information content (AvgIpc) is 3.33. The molecule has 8 heteroatoms. The summed E-state index contributed by atoms with van der Waals surface area (Å²) in [6, 6.07) is 14.3. The zero-order valence-corrected chi connectivity index (χ0v) is 17.3. The minimum Gasteiger partial charge on any atom is -0.352 e. The van der Waals surface area contributed by atoms with Crippen LogP contribution in [0.25, 0.3) is 28.2 Å². The second-order valence-corrected chi connectivity index (χ2v) is 7.45. The molecule has 5 aromatic rings. The van der Waals surface area contributed by atoms with Gasteiger partial charge in [0.2, 0.25) is 0 Å². The van der Waals surface area contributed by atoms with Crippen molar-refractivity contribution in [1.29, 1.82) is 0 Å². The summed E-state index contributed by atoms with van der Waals surface area (Å²) in [6.07, 6.45) is 3.39. The van der Waals surface area contributed by atoms with Gasteiger partial charge >= 0.3 is 0 Å². The molecule has 31 heavy (non-hydrogen) atoms. The predicted molar refractivity (Wildman–Crippen MR) is 118 cm³/mol. The van der Waals surface area contributed by atoms with Gasteiger partial charge in [-0.25, -0.2) is 24.0 Å². The van der Waals surface area contributed by atoms with Gasteiger partial charge in [0.1, 0.15) is 29.3 Å². The van der Waals surface area contributed by atoms with E-state index in [0.29, 0.717) is 11.6 Å². The maximum Gasteiger partial charge on any atom is 0.155 e. The maximum absolute atomic E-state index is 13.4. The van der Waals surface area contributed by atoms with Crippen LogP contribution in [0.5, 0.6) is 0 Å². The molecule has 0 spiro atoms. The van der Waals surface area contributed by atoms with Crippen LogP contribution in [0.1, 0.15) is 11.4 Å². The number of aromatic nitrogens is 6. The van der Waals surface area contributed by atoms with Crippen molar-refractivity contribution in [3.05, 3.63) is 78.3 Å². The zero-order chi connectivity index (χ0) is 21.5. The van der Waals surface area contributed by atoms with Gasteiger partial charge in [-0.15, -0.1) is 0 Å². The van der Waals surface area contributed by atoms with Crippen molar-refractivity contribution >= 4 is 22.4 Å². The van der Waals surface area contributed by atoms with Crippen molar-refractivity contribution in [3.63, 3.8) is 0 Å². The van der Waals surface area contributed by atoms with Crippen molar-refractivity contribution < 1.29 is 4.39 Å². The van der Waals surface area contributed by atoms with Gasteiger partial charge in [0.25, 0.3) is 0 Å². The minimum atomic E-state index is -0.266. The standard InChI is InChI=1S/C23H20FN7/c1-14-10-19(27-18-8-9-21(25-12-18)31-13-26-15(2)29-31)22-20(11-14)30(3)23(28-22)16-4-6-17(24)7-5-16/h4-13,27H,1-3H3. The lowest BCUT2D eigenvalue weighted by Gasteiger charge is -2.09. The van der Waals surface area contributed by atoms with E-state index in [1.165, 1.54) is 12.1 Å². The summed E-state index contributed by atoms with van der Waals surface area (Å²) < 4.78 is 17.0. The summed E-state index contributed by atoms with van der Waals surface area (Å²) in [5.74, 6) is 1.90. The van der Waals surface area contributed by atoms with E-state index in [-0.39, 0.29) is 5.82 Å². The molecule has 0 saturated carbocycles. The highest BCUT2D eigenvalue weighted by molar-refractivity contribution is 5.93. The summed E-state index contributed by atoms with van der Waals surface area (Å²) in [6.45, 7) is 3.88. The molecule has 3 heterocycles. The molecule has 7 nitrogen and oxygen atoms in total. The highest BCUT2D eigenvalue weighted by Crippen LogP contribution is 2.31. The van der Waals surface area contributed by atoms with E-state index in [2.05, 4.69) is 32.5 Å². The Morgan fingerprint density at radius 3 is 2.45 bits per heavy atom. The number of rotatable bonds is 4. The molecule has 3 aromatic heterocycles. The Balaban J connectivity index is 1.52. The zero-order valence-electron chi connectivity index (χ0n) is 17.3. The van der Waals surface area contributed by atoms with Crippen molar-refractivity contribution in [2.45, 2.75) is 13.8 Å². The number of nitrogens with one attached hydrogen (secondary N) is 1. The van der Waals surface area contributed by atoms with Gasteiger partial charge < -0.3 is 9.88 Å². The number of aryl methyl sites for hydroxylation is 3. The fraction of sp³-hybridized carbons (Fsp3) is 0.130. The molecule has 0 amide bonds. The summed E-state index contributed by atoms with van der Waals surface area (Å²) in [4.78, 5) is 13.5. The van der Waals surface area contributed by atoms with Gasteiger partial charge in [0.05, 0.1) is 23.1 Å². The fourth-order valence-electron chi connectivity index (χ4n) is 3.59. The fourth-order valence-corrected chi connectivity index (χ4v) is 3.59. The Kier molecular flexibility index (Phi) is 4.47. The first-order valence-electron chi connectivity index (χ1n) is 9.83. The van der Waals surface area contributed by atoms with Gasteiger partial charge in [-0.1, -0.05) is 0 Å².